The molecule has 2 heterocycles. The van der Waals surface area contributed by atoms with Gasteiger partial charge in [0, 0.05) is 12.2 Å². The summed E-state index contributed by atoms with van der Waals surface area (Å²) < 4.78 is 13.0. The van der Waals surface area contributed by atoms with Gasteiger partial charge >= 0.3 is 0 Å². The number of hydrogen-bond acceptors (Lipinski definition) is 4. The zero-order valence-corrected chi connectivity index (χ0v) is 14.5. The number of nitrogens with one attached hydrogen (secondary N) is 2. The lowest BCUT2D eigenvalue weighted by Crippen LogP contribution is -2.41. The first-order valence-electron chi connectivity index (χ1n) is 8.80. The van der Waals surface area contributed by atoms with E-state index in [0.29, 0.717) is 11.9 Å². The molecule has 0 saturated heterocycles. The Morgan fingerprint density at radius 1 is 1.26 bits per heavy atom. The number of carbonyl (C=O) groups excluding carboxylic acids is 1. The van der Waals surface area contributed by atoms with Crippen molar-refractivity contribution in [1.29, 1.82) is 0 Å². The number of carbonyl (C=O) groups is 1. The van der Waals surface area contributed by atoms with Gasteiger partial charge in [-0.05, 0) is 55.0 Å². The van der Waals surface area contributed by atoms with Crippen molar-refractivity contribution >= 4 is 16.9 Å². The van der Waals surface area contributed by atoms with Crippen LogP contribution in [0.1, 0.15) is 40.7 Å². The van der Waals surface area contributed by atoms with Crippen LogP contribution in [0.15, 0.2) is 41.3 Å². The second-order valence-corrected chi connectivity index (χ2v) is 6.82. The summed E-state index contributed by atoms with van der Waals surface area (Å²) in [7, 11) is 0. The normalized spacial score (nSPS) is 14.1. The molecule has 1 aliphatic rings. The quantitative estimate of drug-likeness (QED) is 0.661. The van der Waals surface area contributed by atoms with E-state index in [4.69, 9.17) is 0 Å². The molecule has 1 fully saturated rings. The fraction of sp³-hybridized carbons (Fsp3) is 0.250. The third-order valence-electron chi connectivity index (χ3n) is 4.87. The Morgan fingerprint density at radius 2 is 2.00 bits per heavy atom. The lowest BCUT2D eigenvalue weighted by atomic mass is 9.93. The van der Waals surface area contributed by atoms with Crippen molar-refractivity contribution in [2.24, 2.45) is 0 Å². The Hall–Kier alpha value is -3.22. The molecule has 0 spiro atoms. The number of amides is 1. The van der Waals surface area contributed by atoms with E-state index in [1.54, 1.807) is 24.4 Å². The molecule has 3 aromatic rings. The molecule has 0 unspecified atom stereocenters. The molecule has 3 N–H and O–H groups in total. The van der Waals surface area contributed by atoms with Gasteiger partial charge in [0.2, 0.25) is 0 Å². The Balaban J connectivity index is 1.66. The first-order valence-corrected chi connectivity index (χ1v) is 8.80. The van der Waals surface area contributed by atoms with Crippen molar-refractivity contribution in [2.45, 2.75) is 31.7 Å². The van der Waals surface area contributed by atoms with Gasteiger partial charge in [0.05, 0.1) is 5.52 Å². The van der Waals surface area contributed by atoms with Crippen molar-refractivity contribution in [3.05, 3.63) is 69.4 Å². The van der Waals surface area contributed by atoms with Crippen molar-refractivity contribution in [3.63, 3.8) is 0 Å². The second kappa shape index (κ2) is 6.83. The van der Waals surface area contributed by atoms with Gasteiger partial charge < -0.3 is 15.4 Å². The van der Waals surface area contributed by atoms with Gasteiger partial charge in [-0.3, -0.25) is 14.6 Å². The SMILES string of the molecule is O=C(NC1CCC1)c1c(O)c2ncc(Cc3ccc(F)cc3)cc2[nH]c1=O. The molecule has 138 valence electrons. The van der Waals surface area contributed by atoms with Crippen LogP contribution in [0.3, 0.4) is 0 Å². The summed E-state index contributed by atoms with van der Waals surface area (Å²) in [4.78, 5) is 31.5. The number of benzene rings is 1. The smallest absolute Gasteiger partial charge is 0.265 e. The van der Waals surface area contributed by atoms with Crippen molar-refractivity contribution in [1.82, 2.24) is 15.3 Å². The zero-order valence-electron chi connectivity index (χ0n) is 14.5. The zero-order chi connectivity index (χ0) is 19.0. The third kappa shape index (κ3) is 3.40. The Kier molecular flexibility index (Phi) is 4.35. The van der Waals surface area contributed by atoms with Crippen molar-refractivity contribution < 1.29 is 14.3 Å². The highest BCUT2D eigenvalue weighted by atomic mass is 19.1. The summed E-state index contributed by atoms with van der Waals surface area (Å²) in [6.07, 6.45) is 4.86. The predicted octanol–water partition coefficient (Wildman–Crippen LogP) is 2.64. The minimum atomic E-state index is -0.655. The first-order chi connectivity index (χ1) is 13.0. The van der Waals surface area contributed by atoms with E-state index in [-0.39, 0.29) is 22.9 Å². The molecule has 6 nitrogen and oxygen atoms in total. The van der Waals surface area contributed by atoms with Gasteiger partial charge in [0.15, 0.2) is 5.75 Å². The highest BCUT2D eigenvalue weighted by Gasteiger charge is 2.25. The van der Waals surface area contributed by atoms with E-state index in [1.807, 2.05) is 0 Å². The summed E-state index contributed by atoms with van der Waals surface area (Å²) in [5.74, 6) is -1.31. The molecule has 0 atom stereocenters. The molecule has 0 radical (unpaired) electrons. The molecule has 1 saturated carbocycles. The first kappa shape index (κ1) is 17.2. The number of nitrogens with zero attached hydrogens (tertiary/aromatic N) is 1. The van der Waals surface area contributed by atoms with Crippen LogP contribution in [-0.4, -0.2) is 27.0 Å². The van der Waals surface area contributed by atoms with Crippen LogP contribution in [0.5, 0.6) is 5.75 Å². The molecule has 0 aliphatic heterocycles. The molecule has 2 aromatic heterocycles. The lowest BCUT2D eigenvalue weighted by molar-refractivity contribution is 0.0913. The van der Waals surface area contributed by atoms with Crippen LogP contribution in [0.4, 0.5) is 4.39 Å². The van der Waals surface area contributed by atoms with Crippen LogP contribution < -0.4 is 10.9 Å². The molecule has 4 rings (SSSR count). The monoisotopic (exact) mass is 367 g/mol. The largest absolute Gasteiger partial charge is 0.505 e. The van der Waals surface area contributed by atoms with E-state index < -0.39 is 17.2 Å². The van der Waals surface area contributed by atoms with E-state index in [2.05, 4.69) is 15.3 Å². The minimum absolute atomic E-state index is 0.0537. The average Bonchev–Trinajstić information content (AvgIpc) is 2.60. The predicted molar refractivity (Wildman–Crippen MR) is 98.3 cm³/mol. The summed E-state index contributed by atoms with van der Waals surface area (Å²) in [5.41, 5.74) is 1.22. The topological polar surface area (TPSA) is 95.1 Å². The van der Waals surface area contributed by atoms with Crippen LogP contribution in [-0.2, 0) is 6.42 Å². The van der Waals surface area contributed by atoms with Gasteiger partial charge in [-0.2, -0.15) is 0 Å². The van der Waals surface area contributed by atoms with Crippen molar-refractivity contribution in [3.8, 4) is 5.75 Å². The Labute approximate surface area is 154 Å². The molecule has 1 aromatic carbocycles. The maximum absolute atomic E-state index is 13.0. The fourth-order valence-electron chi connectivity index (χ4n) is 3.16. The highest BCUT2D eigenvalue weighted by Crippen LogP contribution is 2.25. The highest BCUT2D eigenvalue weighted by molar-refractivity contribution is 6.01. The number of aromatic hydroxyl groups is 1. The molecule has 27 heavy (non-hydrogen) atoms. The maximum Gasteiger partial charge on any atom is 0.265 e. The molecule has 1 aliphatic carbocycles. The summed E-state index contributed by atoms with van der Waals surface area (Å²) >= 11 is 0. The third-order valence-corrected chi connectivity index (χ3v) is 4.87. The van der Waals surface area contributed by atoms with Crippen LogP contribution >= 0.6 is 0 Å². The Bertz CT molecular complexity index is 1070. The van der Waals surface area contributed by atoms with Gasteiger partial charge in [0.25, 0.3) is 11.5 Å². The summed E-state index contributed by atoms with van der Waals surface area (Å²) in [6.45, 7) is 0. The van der Waals surface area contributed by atoms with E-state index in [9.17, 15) is 19.1 Å². The minimum Gasteiger partial charge on any atom is -0.505 e. The van der Waals surface area contributed by atoms with Crippen LogP contribution in [0.2, 0.25) is 0 Å². The van der Waals surface area contributed by atoms with Crippen LogP contribution in [0, 0.1) is 5.82 Å². The average molecular weight is 367 g/mol. The second-order valence-electron chi connectivity index (χ2n) is 6.82. The fourth-order valence-corrected chi connectivity index (χ4v) is 3.16. The van der Waals surface area contributed by atoms with E-state index in [0.717, 1.165) is 30.4 Å². The van der Waals surface area contributed by atoms with E-state index >= 15 is 0 Å². The number of fused-ring (bicyclic) bond motifs is 1. The lowest BCUT2D eigenvalue weighted by Gasteiger charge is -2.26. The number of hydrogen-bond donors (Lipinski definition) is 3. The molecular formula is C20H18FN3O3. The molecular weight excluding hydrogens is 349 g/mol. The molecule has 1 amide bonds. The number of aromatic nitrogens is 2. The number of H-pyrrole nitrogens is 1. The van der Waals surface area contributed by atoms with Gasteiger partial charge in [-0.25, -0.2) is 4.39 Å². The Morgan fingerprint density at radius 3 is 2.67 bits per heavy atom. The number of aromatic amines is 1. The van der Waals surface area contributed by atoms with E-state index in [1.165, 1.54) is 12.1 Å². The van der Waals surface area contributed by atoms with Gasteiger partial charge in [0.1, 0.15) is 16.9 Å². The molecule has 7 heteroatoms. The van der Waals surface area contributed by atoms with Gasteiger partial charge in [-0.15, -0.1) is 0 Å². The number of halogens is 1. The standard InChI is InChI=1S/C20H18FN3O3/c21-13-6-4-11(5-7-13)8-12-9-15-17(22-10-12)18(25)16(20(27)24-15)19(26)23-14-2-1-3-14/h4-7,9-10,14H,1-3,8H2,(H,23,26)(H2,24,25,27). The summed E-state index contributed by atoms with van der Waals surface area (Å²) in [5, 5.41) is 13.2. The number of pyridine rings is 2. The summed E-state index contributed by atoms with van der Waals surface area (Å²) in [6, 6.07) is 7.86. The maximum atomic E-state index is 13.0. The van der Waals surface area contributed by atoms with Crippen molar-refractivity contribution in [2.75, 3.05) is 0 Å². The number of rotatable bonds is 4. The molecule has 0 bridgehead atoms. The van der Waals surface area contributed by atoms with Crippen LogP contribution in [0.25, 0.3) is 11.0 Å². The van der Waals surface area contributed by atoms with Gasteiger partial charge in [-0.1, -0.05) is 12.1 Å².